The monoisotopic (exact) mass is 274 g/mol. The highest BCUT2D eigenvalue weighted by Gasteiger charge is 2.09. The molecular formula is C12H16BrFO. The topological polar surface area (TPSA) is 9.23 Å². The van der Waals surface area contributed by atoms with E-state index < -0.39 is 0 Å². The van der Waals surface area contributed by atoms with Gasteiger partial charge in [-0.15, -0.1) is 0 Å². The van der Waals surface area contributed by atoms with Gasteiger partial charge in [0.1, 0.15) is 5.82 Å². The van der Waals surface area contributed by atoms with Crippen molar-refractivity contribution in [2.45, 2.75) is 19.3 Å². The first kappa shape index (κ1) is 12.7. The van der Waals surface area contributed by atoms with Gasteiger partial charge in [-0.05, 0) is 37.0 Å². The first-order valence-corrected chi connectivity index (χ1v) is 6.29. The molecule has 0 saturated carbocycles. The molecule has 1 rings (SSSR count). The first-order chi connectivity index (χ1) is 7.27. The van der Waals surface area contributed by atoms with Crippen LogP contribution in [0.1, 0.15) is 24.8 Å². The molecule has 0 aliphatic rings. The Labute approximate surface area is 98.8 Å². The van der Waals surface area contributed by atoms with E-state index in [-0.39, 0.29) is 5.82 Å². The lowest BCUT2D eigenvalue weighted by atomic mass is 9.98. The molecule has 0 heterocycles. The predicted octanol–water partition coefficient (Wildman–Crippen LogP) is 3.73. The number of hydrogen-bond acceptors (Lipinski definition) is 1. The van der Waals surface area contributed by atoms with Crippen molar-refractivity contribution in [1.29, 1.82) is 0 Å². The standard InChI is InChI=1S/C12H16BrFO/c1-2-15-8-7-11(9-13)10-3-5-12(14)6-4-10/h3-6,11H,2,7-9H2,1H3. The molecule has 1 nitrogen and oxygen atoms in total. The Hall–Kier alpha value is -0.410. The van der Waals surface area contributed by atoms with E-state index in [4.69, 9.17) is 4.74 Å². The molecular weight excluding hydrogens is 259 g/mol. The Balaban J connectivity index is 2.53. The molecule has 0 amide bonds. The third-order valence-corrected chi connectivity index (χ3v) is 3.12. The summed E-state index contributed by atoms with van der Waals surface area (Å²) in [5.74, 6) is 0.217. The van der Waals surface area contributed by atoms with Crippen LogP contribution < -0.4 is 0 Å². The van der Waals surface area contributed by atoms with Gasteiger partial charge in [0.2, 0.25) is 0 Å². The van der Waals surface area contributed by atoms with Crippen molar-refractivity contribution < 1.29 is 9.13 Å². The molecule has 0 radical (unpaired) electrons. The van der Waals surface area contributed by atoms with Crippen molar-refractivity contribution in [3.63, 3.8) is 0 Å². The number of hydrogen-bond donors (Lipinski definition) is 0. The third-order valence-electron chi connectivity index (χ3n) is 2.34. The Morgan fingerprint density at radius 1 is 1.33 bits per heavy atom. The molecule has 3 heteroatoms. The molecule has 1 aromatic carbocycles. The van der Waals surface area contributed by atoms with Gasteiger partial charge in [0, 0.05) is 18.5 Å². The lowest BCUT2D eigenvalue weighted by Gasteiger charge is -2.14. The largest absolute Gasteiger partial charge is 0.382 e. The van der Waals surface area contributed by atoms with Crippen molar-refractivity contribution >= 4 is 15.9 Å². The number of rotatable bonds is 6. The second-order valence-electron chi connectivity index (χ2n) is 3.39. The molecule has 0 saturated heterocycles. The van der Waals surface area contributed by atoms with Crippen molar-refractivity contribution in [1.82, 2.24) is 0 Å². The van der Waals surface area contributed by atoms with Crippen molar-refractivity contribution in [2.75, 3.05) is 18.5 Å². The summed E-state index contributed by atoms with van der Waals surface area (Å²) in [6.07, 6.45) is 0.963. The van der Waals surface area contributed by atoms with E-state index in [0.29, 0.717) is 5.92 Å². The summed E-state index contributed by atoms with van der Waals surface area (Å²) in [5, 5.41) is 0.881. The van der Waals surface area contributed by atoms with E-state index in [1.54, 1.807) is 0 Å². The summed E-state index contributed by atoms with van der Waals surface area (Å²) in [4.78, 5) is 0. The van der Waals surface area contributed by atoms with Crippen molar-refractivity contribution in [3.05, 3.63) is 35.6 Å². The summed E-state index contributed by atoms with van der Waals surface area (Å²) in [6, 6.07) is 6.69. The van der Waals surface area contributed by atoms with E-state index in [0.717, 1.165) is 30.5 Å². The summed E-state index contributed by atoms with van der Waals surface area (Å²) in [5.41, 5.74) is 1.16. The number of halogens is 2. The van der Waals surface area contributed by atoms with Crippen molar-refractivity contribution in [2.24, 2.45) is 0 Å². The van der Waals surface area contributed by atoms with Crippen molar-refractivity contribution in [3.8, 4) is 0 Å². The summed E-state index contributed by atoms with van der Waals surface area (Å²) in [7, 11) is 0. The highest BCUT2D eigenvalue weighted by Crippen LogP contribution is 2.22. The smallest absolute Gasteiger partial charge is 0.123 e. The molecule has 0 N–H and O–H groups in total. The van der Waals surface area contributed by atoms with Crippen LogP contribution in [-0.2, 0) is 4.74 Å². The van der Waals surface area contributed by atoms with Gasteiger partial charge in [0.05, 0.1) is 0 Å². The second-order valence-corrected chi connectivity index (χ2v) is 4.04. The molecule has 0 aliphatic heterocycles. The highest BCUT2D eigenvalue weighted by atomic mass is 79.9. The minimum Gasteiger partial charge on any atom is -0.382 e. The van der Waals surface area contributed by atoms with Gasteiger partial charge in [-0.1, -0.05) is 28.1 Å². The predicted molar refractivity (Wildman–Crippen MR) is 64.0 cm³/mol. The summed E-state index contributed by atoms with van der Waals surface area (Å²) in [6.45, 7) is 3.49. The minimum atomic E-state index is -0.183. The molecule has 0 aromatic heterocycles. The maximum absolute atomic E-state index is 12.7. The van der Waals surface area contributed by atoms with E-state index in [1.807, 2.05) is 19.1 Å². The van der Waals surface area contributed by atoms with E-state index in [2.05, 4.69) is 15.9 Å². The fourth-order valence-corrected chi connectivity index (χ4v) is 2.14. The van der Waals surface area contributed by atoms with Crippen LogP contribution in [0, 0.1) is 5.82 Å². The summed E-state index contributed by atoms with van der Waals surface area (Å²) >= 11 is 3.47. The van der Waals surface area contributed by atoms with Gasteiger partial charge in [0.25, 0.3) is 0 Å². The lowest BCUT2D eigenvalue weighted by Crippen LogP contribution is -2.05. The molecule has 15 heavy (non-hydrogen) atoms. The lowest BCUT2D eigenvalue weighted by molar-refractivity contribution is 0.141. The van der Waals surface area contributed by atoms with Crippen LogP contribution in [0.3, 0.4) is 0 Å². The Morgan fingerprint density at radius 3 is 2.53 bits per heavy atom. The molecule has 84 valence electrons. The van der Waals surface area contributed by atoms with Crippen LogP contribution in [0.4, 0.5) is 4.39 Å². The maximum atomic E-state index is 12.7. The molecule has 1 unspecified atom stereocenters. The zero-order valence-corrected chi connectivity index (χ0v) is 10.5. The zero-order valence-electron chi connectivity index (χ0n) is 8.88. The molecule has 0 aliphatic carbocycles. The Morgan fingerprint density at radius 2 is 2.00 bits per heavy atom. The molecule has 1 aromatic rings. The van der Waals surface area contributed by atoms with Crippen LogP contribution in [0.25, 0.3) is 0 Å². The van der Waals surface area contributed by atoms with Gasteiger partial charge < -0.3 is 4.74 Å². The zero-order chi connectivity index (χ0) is 11.1. The molecule has 0 bridgehead atoms. The van der Waals surface area contributed by atoms with Crippen LogP contribution in [0.15, 0.2) is 24.3 Å². The van der Waals surface area contributed by atoms with Gasteiger partial charge in [-0.3, -0.25) is 0 Å². The Bertz CT molecular complexity index is 273. The van der Waals surface area contributed by atoms with E-state index in [1.165, 1.54) is 12.1 Å². The molecule has 1 atom stereocenters. The van der Waals surface area contributed by atoms with Gasteiger partial charge >= 0.3 is 0 Å². The Kier molecular flexibility index (Phi) is 5.88. The fraction of sp³-hybridized carbons (Fsp3) is 0.500. The van der Waals surface area contributed by atoms with Crippen LogP contribution >= 0.6 is 15.9 Å². The van der Waals surface area contributed by atoms with Gasteiger partial charge in [-0.2, -0.15) is 0 Å². The first-order valence-electron chi connectivity index (χ1n) is 5.17. The molecule has 0 spiro atoms. The van der Waals surface area contributed by atoms with E-state index >= 15 is 0 Å². The van der Waals surface area contributed by atoms with E-state index in [9.17, 15) is 4.39 Å². The average Bonchev–Trinajstić information content (AvgIpc) is 2.26. The summed E-state index contributed by atoms with van der Waals surface area (Å²) < 4.78 is 18.0. The normalized spacial score (nSPS) is 12.7. The minimum absolute atomic E-state index is 0.183. The fourth-order valence-electron chi connectivity index (χ4n) is 1.44. The van der Waals surface area contributed by atoms with Crippen LogP contribution in [0.5, 0.6) is 0 Å². The highest BCUT2D eigenvalue weighted by molar-refractivity contribution is 9.09. The van der Waals surface area contributed by atoms with Gasteiger partial charge in [-0.25, -0.2) is 4.39 Å². The number of ether oxygens (including phenoxy) is 1. The SMILES string of the molecule is CCOCCC(CBr)c1ccc(F)cc1. The van der Waals surface area contributed by atoms with Crippen LogP contribution in [-0.4, -0.2) is 18.5 Å². The maximum Gasteiger partial charge on any atom is 0.123 e. The second kappa shape index (κ2) is 6.96. The average molecular weight is 275 g/mol. The number of alkyl halides is 1. The quantitative estimate of drug-likeness (QED) is 0.567. The van der Waals surface area contributed by atoms with Gasteiger partial charge in [0.15, 0.2) is 0 Å². The third kappa shape index (κ3) is 4.31. The van der Waals surface area contributed by atoms with Crippen LogP contribution in [0.2, 0.25) is 0 Å². The molecule has 0 fully saturated rings. The number of benzene rings is 1.